The van der Waals surface area contributed by atoms with Crippen LogP contribution in [0, 0.1) is 0 Å². The first-order valence-corrected chi connectivity index (χ1v) is 10.0. The molecule has 2 aromatic carbocycles. The van der Waals surface area contributed by atoms with Crippen LogP contribution < -0.4 is 0 Å². The van der Waals surface area contributed by atoms with Gasteiger partial charge >= 0.3 is 7.12 Å². The summed E-state index contributed by atoms with van der Waals surface area (Å²) in [6.45, 7) is 0. The second-order valence-electron chi connectivity index (χ2n) is 5.92. The highest BCUT2D eigenvalue weighted by atomic mass is 127. The number of hydrogen-bond donors (Lipinski definition) is 0. The zero-order valence-electron chi connectivity index (χ0n) is 13.7. The SMILES string of the molecule is ICCCC/C=C/B1O[C@H](c2ccccc2)[C@@H](c2ccccc2)O1. The largest absolute Gasteiger partial charge is 0.486 e. The Kier molecular flexibility index (Phi) is 6.93. The molecule has 2 nitrogen and oxygen atoms in total. The van der Waals surface area contributed by atoms with E-state index in [0.29, 0.717) is 0 Å². The summed E-state index contributed by atoms with van der Waals surface area (Å²) in [6, 6.07) is 20.7. The van der Waals surface area contributed by atoms with E-state index in [1.807, 2.05) is 36.4 Å². The summed E-state index contributed by atoms with van der Waals surface area (Å²) in [6.07, 6.45) is 5.60. The molecule has 1 fully saturated rings. The molecule has 0 saturated carbocycles. The topological polar surface area (TPSA) is 18.5 Å². The molecule has 0 N–H and O–H groups in total. The van der Waals surface area contributed by atoms with Crippen molar-refractivity contribution in [2.24, 2.45) is 0 Å². The maximum absolute atomic E-state index is 6.21. The lowest BCUT2D eigenvalue weighted by Crippen LogP contribution is -2.10. The third kappa shape index (κ3) is 4.71. The number of alkyl halides is 1. The summed E-state index contributed by atoms with van der Waals surface area (Å²) < 4.78 is 13.6. The fourth-order valence-electron chi connectivity index (χ4n) is 2.91. The van der Waals surface area contributed by atoms with Crippen LogP contribution in [-0.4, -0.2) is 11.5 Å². The highest BCUT2D eigenvalue weighted by Gasteiger charge is 2.39. The molecule has 1 heterocycles. The maximum Gasteiger partial charge on any atom is 0.486 e. The molecule has 1 saturated heterocycles. The summed E-state index contributed by atoms with van der Waals surface area (Å²) >= 11 is 2.42. The fourth-order valence-corrected chi connectivity index (χ4v) is 3.45. The standard InChI is InChI=1S/C20H22BIO2/c22-16-10-2-1-9-15-21-23-19(17-11-5-3-6-12-17)20(24-21)18-13-7-4-8-14-18/h3-9,11-15,19-20H,1-2,10,16H2/b15-9+/t19-,20-/m1/s1. The van der Waals surface area contributed by atoms with Gasteiger partial charge in [-0.15, -0.1) is 0 Å². The van der Waals surface area contributed by atoms with Crippen molar-refractivity contribution in [3.8, 4) is 0 Å². The van der Waals surface area contributed by atoms with Crippen molar-refractivity contribution in [1.82, 2.24) is 0 Å². The number of benzene rings is 2. The first-order valence-electron chi connectivity index (χ1n) is 8.52. The van der Waals surface area contributed by atoms with Gasteiger partial charge in [0.2, 0.25) is 0 Å². The average Bonchev–Trinajstić information content (AvgIpc) is 3.07. The van der Waals surface area contributed by atoms with Gasteiger partial charge in [-0.25, -0.2) is 0 Å². The minimum absolute atomic E-state index is 0.0717. The number of halogens is 1. The second kappa shape index (κ2) is 9.40. The quantitative estimate of drug-likeness (QED) is 0.242. The normalized spacial score (nSPS) is 20.8. The van der Waals surface area contributed by atoms with Crippen molar-refractivity contribution >= 4 is 29.7 Å². The van der Waals surface area contributed by atoms with Gasteiger partial charge in [0.25, 0.3) is 0 Å². The van der Waals surface area contributed by atoms with Crippen LogP contribution in [0.4, 0.5) is 0 Å². The van der Waals surface area contributed by atoms with Gasteiger partial charge in [-0.2, -0.15) is 0 Å². The third-order valence-electron chi connectivity index (χ3n) is 4.14. The molecule has 4 heteroatoms. The predicted octanol–water partition coefficient (Wildman–Crippen LogP) is 5.70. The molecule has 2 aromatic rings. The fraction of sp³-hybridized carbons (Fsp3) is 0.300. The van der Waals surface area contributed by atoms with Gasteiger partial charge in [0, 0.05) is 0 Å². The first kappa shape index (κ1) is 17.7. The van der Waals surface area contributed by atoms with Gasteiger partial charge in [-0.3, -0.25) is 0 Å². The van der Waals surface area contributed by atoms with Gasteiger partial charge in [-0.05, 0) is 34.8 Å². The number of unbranched alkanes of at least 4 members (excludes halogenated alkanes) is 2. The monoisotopic (exact) mass is 432 g/mol. The van der Waals surface area contributed by atoms with E-state index in [-0.39, 0.29) is 19.3 Å². The second-order valence-corrected chi connectivity index (χ2v) is 6.99. The van der Waals surface area contributed by atoms with E-state index in [1.54, 1.807) is 0 Å². The molecular formula is C20H22BIO2. The zero-order valence-corrected chi connectivity index (χ0v) is 15.8. The van der Waals surface area contributed by atoms with Crippen LogP contribution in [0.25, 0.3) is 0 Å². The van der Waals surface area contributed by atoms with Gasteiger partial charge in [0.1, 0.15) is 0 Å². The van der Waals surface area contributed by atoms with E-state index >= 15 is 0 Å². The van der Waals surface area contributed by atoms with E-state index in [1.165, 1.54) is 17.3 Å². The molecule has 0 spiro atoms. The van der Waals surface area contributed by atoms with Gasteiger partial charge in [0.15, 0.2) is 0 Å². The molecule has 0 aromatic heterocycles. The van der Waals surface area contributed by atoms with Crippen molar-refractivity contribution in [3.63, 3.8) is 0 Å². The lowest BCUT2D eigenvalue weighted by molar-refractivity contribution is 0.159. The van der Waals surface area contributed by atoms with Crippen molar-refractivity contribution in [1.29, 1.82) is 0 Å². The highest BCUT2D eigenvalue weighted by Crippen LogP contribution is 2.41. The molecular weight excluding hydrogens is 410 g/mol. The molecule has 1 aliphatic rings. The van der Waals surface area contributed by atoms with Gasteiger partial charge in [0.05, 0.1) is 12.2 Å². The predicted molar refractivity (Wildman–Crippen MR) is 108 cm³/mol. The van der Waals surface area contributed by atoms with Crippen LogP contribution in [0.1, 0.15) is 42.6 Å². The number of allylic oxidation sites excluding steroid dienone is 1. The Morgan fingerprint density at radius 2 is 1.38 bits per heavy atom. The maximum atomic E-state index is 6.21. The molecule has 0 radical (unpaired) electrons. The molecule has 2 atom stereocenters. The van der Waals surface area contributed by atoms with E-state index < -0.39 is 0 Å². The molecule has 3 rings (SSSR count). The summed E-state index contributed by atoms with van der Waals surface area (Å²) in [7, 11) is -0.278. The van der Waals surface area contributed by atoms with Crippen molar-refractivity contribution in [2.75, 3.05) is 4.43 Å². The Hall–Kier alpha value is -1.11. The van der Waals surface area contributed by atoms with Crippen LogP contribution in [0.15, 0.2) is 72.7 Å². The summed E-state index contributed by atoms with van der Waals surface area (Å²) in [4.78, 5) is 0. The van der Waals surface area contributed by atoms with Crippen molar-refractivity contribution < 1.29 is 9.31 Å². The lowest BCUT2D eigenvalue weighted by Gasteiger charge is -2.19. The summed E-state index contributed by atoms with van der Waals surface area (Å²) in [5, 5.41) is 0. The minimum Gasteiger partial charge on any atom is -0.398 e. The molecule has 124 valence electrons. The molecule has 24 heavy (non-hydrogen) atoms. The molecule has 0 aliphatic carbocycles. The lowest BCUT2D eigenvalue weighted by atomic mass is 9.89. The van der Waals surface area contributed by atoms with Crippen LogP contribution in [-0.2, 0) is 9.31 Å². The third-order valence-corrected chi connectivity index (χ3v) is 4.90. The summed E-state index contributed by atoms with van der Waals surface area (Å²) in [5.74, 6) is 2.06. The number of rotatable bonds is 7. The first-order chi connectivity index (χ1) is 11.9. The Morgan fingerprint density at radius 1 is 0.833 bits per heavy atom. The van der Waals surface area contributed by atoms with E-state index in [4.69, 9.17) is 9.31 Å². The smallest absolute Gasteiger partial charge is 0.398 e. The summed E-state index contributed by atoms with van der Waals surface area (Å²) in [5.41, 5.74) is 2.32. The Labute approximate surface area is 158 Å². The van der Waals surface area contributed by atoms with E-state index in [2.05, 4.69) is 58.9 Å². The van der Waals surface area contributed by atoms with Crippen LogP contribution in [0.3, 0.4) is 0 Å². The van der Waals surface area contributed by atoms with E-state index in [9.17, 15) is 0 Å². The van der Waals surface area contributed by atoms with Gasteiger partial charge < -0.3 is 9.31 Å². The van der Waals surface area contributed by atoms with Crippen LogP contribution in [0.5, 0.6) is 0 Å². The van der Waals surface area contributed by atoms with E-state index in [0.717, 1.165) is 17.5 Å². The van der Waals surface area contributed by atoms with Gasteiger partial charge in [-0.1, -0.05) is 95.3 Å². The average molecular weight is 432 g/mol. The van der Waals surface area contributed by atoms with Crippen LogP contribution >= 0.6 is 22.6 Å². The molecule has 0 amide bonds. The Balaban J connectivity index is 1.73. The minimum atomic E-state index is -0.278. The molecule has 0 unspecified atom stereocenters. The zero-order chi connectivity index (χ0) is 16.6. The van der Waals surface area contributed by atoms with Crippen molar-refractivity contribution in [3.05, 3.63) is 83.8 Å². The number of hydrogen-bond acceptors (Lipinski definition) is 2. The van der Waals surface area contributed by atoms with Crippen LogP contribution in [0.2, 0.25) is 0 Å². The Bertz CT molecular complexity index is 585. The highest BCUT2D eigenvalue weighted by molar-refractivity contribution is 14.1. The van der Waals surface area contributed by atoms with Crippen molar-refractivity contribution in [2.45, 2.75) is 31.5 Å². The Morgan fingerprint density at radius 3 is 1.88 bits per heavy atom. The molecule has 0 bridgehead atoms. The molecule has 1 aliphatic heterocycles.